The first kappa shape index (κ1) is 15.4. The average Bonchev–Trinajstić information content (AvgIpc) is 3.32. The predicted octanol–water partition coefficient (Wildman–Crippen LogP) is 4.72. The molecule has 3 heterocycles. The summed E-state index contributed by atoms with van der Waals surface area (Å²) in [6.07, 6.45) is 0. The zero-order valence-electron chi connectivity index (χ0n) is 12.8. The molecule has 7 heteroatoms. The summed E-state index contributed by atoms with van der Waals surface area (Å²) in [5.74, 6) is -0.0734. The lowest BCUT2D eigenvalue weighted by molar-refractivity contribution is 0.0951. The Morgan fingerprint density at radius 2 is 2.17 bits per heavy atom. The van der Waals surface area contributed by atoms with Crippen LogP contribution in [0.3, 0.4) is 0 Å². The van der Waals surface area contributed by atoms with Crippen molar-refractivity contribution in [1.29, 1.82) is 0 Å². The van der Waals surface area contributed by atoms with E-state index in [4.69, 9.17) is 0 Å². The summed E-state index contributed by atoms with van der Waals surface area (Å²) in [6.45, 7) is 2.48. The molecular formula is C17H13N3OS3. The van der Waals surface area contributed by atoms with Gasteiger partial charge in [-0.3, -0.25) is 4.79 Å². The maximum atomic E-state index is 12.4. The van der Waals surface area contributed by atoms with Gasteiger partial charge in [0.05, 0.1) is 32.8 Å². The smallest absolute Gasteiger partial charge is 0.251 e. The van der Waals surface area contributed by atoms with Gasteiger partial charge in [0.25, 0.3) is 5.91 Å². The number of nitrogens with zero attached hydrogens (tertiary/aromatic N) is 2. The van der Waals surface area contributed by atoms with E-state index in [-0.39, 0.29) is 5.91 Å². The first-order valence-electron chi connectivity index (χ1n) is 7.32. The van der Waals surface area contributed by atoms with Gasteiger partial charge in [-0.2, -0.15) is 0 Å². The Morgan fingerprint density at radius 3 is 3.00 bits per heavy atom. The van der Waals surface area contributed by atoms with E-state index in [9.17, 15) is 4.79 Å². The number of amides is 1. The molecule has 0 saturated carbocycles. The lowest BCUT2D eigenvalue weighted by Gasteiger charge is -2.04. The third kappa shape index (κ3) is 2.98. The highest BCUT2D eigenvalue weighted by atomic mass is 32.1. The number of benzene rings is 1. The fourth-order valence-corrected chi connectivity index (χ4v) is 4.87. The van der Waals surface area contributed by atoms with Gasteiger partial charge in [-0.05, 0) is 36.6 Å². The number of fused-ring (bicyclic) bond motifs is 1. The molecule has 0 bridgehead atoms. The lowest BCUT2D eigenvalue weighted by Crippen LogP contribution is -2.22. The first-order chi connectivity index (χ1) is 11.7. The van der Waals surface area contributed by atoms with Gasteiger partial charge in [-0.1, -0.05) is 6.07 Å². The van der Waals surface area contributed by atoms with Gasteiger partial charge in [-0.15, -0.1) is 34.0 Å². The number of aryl methyl sites for hydroxylation is 1. The van der Waals surface area contributed by atoms with Gasteiger partial charge >= 0.3 is 0 Å². The van der Waals surface area contributed by atoms with Crippen LogP contribution in [0.1, 0.15) is 20.9 Å². The predicted molar refractivity (Wildman–Crippen MR) is 101 cm³/mol. The Balaban J connectivity index is 1.49. The molecule has 3 aromatic heterocycles. The Labute approximate surface area is 150 Å². The lowest BCUT2D eigenvalue weighted by atomic mass is 10.2. The van der Waals surface area contributed by atoms with Gasteiger partial charge in [0.2, 0.25) is 0 Å². The highest BCUT2D eigenvalue weighted by Gasteiger charge is 2.12. The molecule has 0 aliphatic heterocycles. The molecule has 0 saturated heterocycles. The minimum absolute atomic E-state index is 0.0734. The molecular weight excluding hydrogens is 358 g/mol. The third-order valence-electron chi connectivity index (χ3n) is 3.63. The molecule has 24 heavy (non-hydrogen) atoms. The fourth-order valence-electron chi connectivity index (χ4n) is 2.36. The van der Waals surface area contributed by atoms with Gasteiger partial charge in [0, 0.05) is 10.4 Å². The second-order valence-electron chi connectivity index (χ2n) is 5.22. The Hall–Kier alpha value is -2.09. The number of rotatable bonds is 4. The minimum atomic E-state index is -0.0734. The van der Waals surface area contributed by atoms with Gasteiger partial charge in [-0.25, -0.2) is 9.97 Å². The maximum Gasteiger partial charge on any atom is 0.251 e. The van der Waals surface area contributed by atoms with Crippen molar-refractivity contribution < 1.29 is 4.79 Å². The molecule has 120 valence electrons. The monoisotopic (exact) mass is 371 g/mol. The zero-order chi connectivity index (χ0) is 16.5. The van der Waals surface area contributed by atoms with Crippen LogP contribution in [-0.4, -0.2) is 15.9 Å². The van der Waals surface area contributed by atoms with Crippen molar-refractivity contribution in [3.8, 4) is 9.88 Å². The molecule has 0 spiro atoms. The Bertz CT molecular complexity index is 1000. The number of carbonyl (C=O) groups is 1. The van der Waals surface area contributed by atoms with Crippen LogP contribution in [-0.2, 0) is 6.54 Å². The van der Waals surface area contributed by atoms with Crippen LogP contribution < -0.4 is 5.32 Å². The summed E-state index contributed by atoms with van der Waals surface area (Å²) < 4.78 is 1.02. The van der Waals surface area contributed by atoms with Crippen LogP contribution in [0.15, 0.2) is 41.2 Å². The standard InChI is InChI=1S/C17H13N3OS3/c1-10-15(24-17(20-10)13-3-2-6-22-13)8-18-16(21)11-4-5-12-14(7-11)23-9-19-12/h2-7,9H,8H2,1H3,(H,18,21). The minimum Gasteiger partial charge on any atom is -0.347 e. The van der Waals surface area contributed by atoms with Crippen LogP contribution in [0.25, 0.3) is 20.1 Å². The van der Waals surface area contributed by atoms with E-state index in [0.29, 0.717) is 12.1 Å². The van der Waals surface area contributed by atoms with Gasteiger partial charge in [0.15, 0.2) is 0 Å². The maximum absolute atomic E-state index is 12.4. The van der Waals surface area contributed by atoms with Gasteiger partial charge in [0.1, 0.15) is 5.01 Å². The second kappa shape index (κ2) is 6.43. The zero-order valence-corrected chi connectivity index (χ0v) is 15.2. The van der Waals surface area contributed by atoms with Crippen molar-refractivity contribution in [3.05, 3.63) is 57.4 Å². The largest absolute Gasteiger partial charge is 0.347 e. The summed E-state index contributed by atoms with van der Waals surface area (Å²) in [4.78, 5) is 23.5. The Morgan fingerprint density at radius 1 is 1.25 bits per heavy atom. The first-order valence-corrected chi connectivity index (χ1v) is 9.90. The van der Waals surface area contributed by atoms with Crippen molar-refractivity contribution in [3.63, 3.8) is 0 Å². The van der Waals surface area contributed by atoms with E-state index in [1.54, 1.807) is 28.2 Å². The third-order valence-corrected chi connectivity index (χ3v) is 6.62. The number of nitrogens with one attached hydrogen (secondary N) is 1. The molecule has 0 atom stereocenters. The van der Waals surface area contributed by atoms with Crippen molar-refractivity contribution >= 4 is 50.1 Å². The SMILES string of the molecule is Cc1nc(-c2cccs2)sc1CNC(=O)c1ccc2ncsc2c1. The van der Waals surface area contributed by atoms with Crippen molar-refractivity contribution in [2.45, 2.75) is 13.5 Å². The second-order valence-corrected chi connectivity index (χ2v) is 8.14. The van der Waals surface area contributed by atoms with Gasteiger partial charge < -0.3 is 5.32 Å². The number of hydrogen-bond donors (Lipinski definition) is 1. The van der Waals surface area contributed by atoms with Crippen molar-refractivity contribution in [1.82, 2.24) is 15.3 Å². The molecule has 4 aromatic rings. The molecule has 1 amide bonds. The summed E-state index contributed by atoms with van der Waals surface area (Å²) in [5.41, 5.74) is 4.35. The summed E-state index contributed by atoms with van der Waals surface area (Å²) in [7, 11) is 0. The summed E-state index contributed by atoms with van der Waals surface area (Å²) in [6, 6.07) is 9.67. The molecule has 1 aromatic carbocycles. The van der Waals surface area contributed by atoms with Crippen molar-refractivity contribution in [2.24, 2.45) is 0 Å². The fraction of sp³-hybridized carbons (Fsp3) is 0.118. The topological polar surface area (TPSA) is 54.9 Å². The molecule has 0 radical (unpaired) electrons. The molecule has 4 nitrogen and oxygen atoms in total. The van der Waals surface area contributed by atoms with Crippen LogP contribution in [0, 0.1) is 6.92 Å². The van der Waals surface area contributed by atoms with E-state index in [1.165, 1.54) is 11.3 Å². The van der Waals surface area contributed by atoms with Crippen LogP contribution in [0.2, 0.25) is 0 Å². The number of thiophene rings is 1. The number of hydrogen-bond acceptors (Lipinski definition) is 6. The average molecular weight is 372 g/mol. The van der Waals surface area contributed by atoms with E-state index in [0.717, 1.165) is 30.7 Å². The molecule has 0 fully saturated rings. The van der Waals surface area contributed by atoms with Crippen LogP contribution in [0.4, 0.5) is 0 Å². The van der Waals surface area contributed by atoms with Crippen LogP contribution >= 0.6 is 34.0 Å². The molecule has 4 rings (SSSR count). The van der Waals surface area contributed by atoms with E-state index in [2.05, 4.69) is 21.4 Å². The number of aromatic nitrogens is 2. The molecule has 0 unspecified atom stereocenters. The van der Waals surface area contributed by atoms with Crippen molar-refractivity contribution in [2.75, 3.05) is 0 Å². The quantitative estimate of drug-likeness (QED) is 0.565. The highest BCUT2D eigenvalue weighted by Crippen LogP contribution is 2.31. The molecule has 1 N–H and O–H groups in total. The van der Waals surface area contributed by atoms with E-state index >= 15 is 0 Å². The number of thiazole rings is 2. The normalized spacial score (nSPS) is 11.0. The summed E-state index contributed by atoms with van der Waals surface area (Å²) >= 11 is 4.85. The molecule has 0 aliphatic rings. The van der Waals surface area contributed by atoms with E-state index in [1.807, 2.05) is 36.6 Å². The molecule has 0 aliphatic carbocycles. The number of carbonyl (C=O) groups excluding carboxylic acids is 1. The van der Waals surface area contributed by atoms with Crippen LogP contribution in [0.5, 0.6) is 0 Å². The Kier molecular flexibility index (Phi) is 4.13. The highest BCUT2D eigenvalue weighted by molar-refractivity contribution is 7.21. The summed E-state index contributed by atoms with van der Waals surface area (Å²) in [5, 5.41) is 6.05. The van der Waals surface area contributed by atoms with E-state index < -0.39 is 0 Å².